The number of allylic oxidation sites excluding steroid dienone is 1. The highest BCUT2D eigenvalue weighted by Gasteiger charge is 2.53. The number of hydrogen-bond acceptors (Lipinski definition) is 2. The van der Waals surface area contributed by atoms with Crippen LogP contribution in [0.15, 0.2) is 60.7 Å². The SMILES string of the molecule is C=C1CC[C@H]2[C@H]3Cc4cccc(OCCCc5ccccc5)c4[C@@]2(CCN3)C1. The molecule has 146 valence electrons. The van der Waals surface area contributed by atoms with Crippen LogP contribution in [0.25, 0.3) is 0 Å². The minimum Gasteiger partial charge on any atom is -0.493 e. The number of aryl methyl sites for hydroxylation is 1. The van der Waals surface area contributed by atoms with Crippen LogP contribution in [0, 0.1) is 5.92 Å². The summed E-state index contributed by atoms with van der Waals surface area (Å²) < 4.78 is 6.45. The van der Waals surface area contributed by atoms with Gasteiger partial charge in [0.1, 0.15) is 5.75 Å². The Labute approximate surface area is 169 Å². The zero-order valence-electron chi connectivity index (χ0n) is 16.8. The second-order valence-corrected chi connectivity index (χ2v) is 8.97. The van der Waals surface area contributed by atoms with Gasteiger partial charge in [0.05, 0.1) is 6.61 Å². The number of piperidine rings is 1. The van der Waals surface area contributed by atoms with Crippen molar-refractivity contribution in [3.63, 3.8) is 0 Å². The molecular weight excluding hydrogens is 342 g/mol. The summed E-state index contributed by atoms with van der Waals surface area (Å²) in [5.41, 5.74) is 6.10. The normalized spacial score (nSPS) is 28.4. The summed E-state index contributed by atoms with van der Waals surface area (Å²) >= 11 is 0. The third-order valence-corrected chi connectivity index (χ3v) is 7.31. The minimum absolute atomic E-state index is 0.245. The lowest BCUT2D eigenvalue weighted by Crippen LogP contribution is -2.59. The average molecular weight is 374 g/mol. The van der Waals surface area contributed by atoms with Crippen LogP contribution in [-0.2, 0) is 18.3 Å². The van der Waals surface area contributed by atoms with Gasteiger partial charge in [-0.25, -0.2) is 0 Å². The maximum Gasteiger partial charge on any atom is 0.123 e. The van der Waals surface area contributed by atoms with E-state index in [4.69, 9.17) is 4.74 Å². The number of nitrogens with one attached hydrogen (secondary N) is 1. The van der Waals surface area contributed by atoms with Crippen molar-refractivity contribution in [2.24, 2.45) is 5.92 Å². The van der Waals surface area contributed by atoms with Crippen molar-refractivity contribution in [1.82, 2.24) is 5.32 Å². The largest absolute Gasteiger partial charge is 0.493 e. The summed E-state index contributed by atoms with van der Waals surface area (Å²) in [6, 6.07) is 18.1. The van der Waals surface area contributed by atoms with E-state index in [1.165, 1.54) is 41.5 Å². The zero-order valence-corrected chi connectivity index (χ0v) is 16.8. The van der Waals surface area contributed by atoms with Crippen molar-refractivity contribution in [2.75, 3.05) is 13.2 Å². The molecular formula is C26H31NO. The van der Waals surface area contributed by atoms with E-state index in [0.717, 1.165) is 50.5 Å². The molecule has 0 amide bonds. The van der Waals surface area contributed by atoms with Crippen LogP contribution >= 0.6 is 0 Å². The predicted octanol–water partition coefficient (Wildman–Crippen LogP) is 5.21. The molecule has 2 aromatic rings. The summed E-state index contributed by atoms with van der Waals surface area (Å²) in [4.78, 5) is 0. The van der Waals surface area contributed by atoms with Gasteiger partial charge >= 0.3 is 0 Å². The smallest absolute Gasteiger partial charge is 0.123 e. The molecule has 0 aromatic heterocycles. The van der Waals surface area contributed by atoms with Gasteiger partial charge in [0.2, 0.25) is 0 Å². The Morgan fingerprint density at radius 1 is 1.11 bits per heavy atom. The second kappa shape index (κ2) is 7.40. The van der Waals surface area contributed by atoms with Gasteiger partial charge in [-0.2, -0.15) is 0 Å². The van der Waals surface area contributed by atoms with Crippen LogP contribution in [0.1, 0.15) is 48.8 Å². The molecule has 0 unspecified atom stereocenters. The Balaban J connectivity index is 1.39. The molecule has 1 heterocycles. The van der Waals surface area contributed by atoms with Gasteiger partial charge in [-0.1, -0.05) is 54.6 Å². The highest BCUT2D eigenvalue weighted by molar-refractivity contribution is 5.51. The molecule has 28 heavy (non-hydrogen) atoms. The topological polar surface area (TPSA) is 21.3 Å². The fourth-order valence-electron chi connectivity index (χ4n) is 6.17. The van der Waals surface area contributed by atoms with Crippen molar-refractivity contribution in [3.8, 4) is 5.75 Å². The highest BCUT2D eigenvalue weighted by atomic mass is 16.5. The molecule has 3 aliphatic rings. The summed E-state index contributed by atoms with van der Waals surface area (Å²) in [6.45, 7) is 6.31. The molecule has 1 aliphatic heterocycles. The van der Waals surface area contributed by atoms with E-state index in [2.05, 4.69) is 60.4 Å². The van der Waals surface area contributed by atoms with Crippen molar-refractivity contribution in [2.45, 2.75) is 56.4 Å². The van der Waals surface area contributed by atoms with Crippen LogP contribution in [0.4, 0.5) is 0 Å². The summed E-state index contributed by atoms with van der Waals surface area (Å²) in [5.74, 6) is 1.87. The van der Waals surface area contributed by atoms with Gasteiger partial charge in [-0.3, -0.25) is 0 Å². The number of ether oxygens (including phenoxy) is 1. The molecule has 1 saturated heterocycles. The third-order valence-electron chi connectivity index (χ3n) is 7.31. The Hall–Kier alpha value is -2.06. The molecule has 2 fully saturated rings. The van der Waals surface area contributed by atoms with Crippen molar-refractivity contribution >= 4 is 0 Å². The third kappa shape index (κ3) is 3.08. The van der Waals surface area contributed by atoms with Gasteiger partial charge in [-0.15, -0.1) is 0 Å². The number of rotatable bonds is 5. The lowest BCUT2D eigenvalue weighted by atomic mass is 9.52. The van der Waals surface area contributed by atoms with Crippen molar-refractivity contribution in [3.05, 3.63) is 77.4 Å². The van der Waals surface area contributed by atoms with E-state index in [9.17, 15) is 0 Å². The lowest BCUT2D eigenvalue weighted by molar-refractivity contribution is 0.0960. The molecule has 0 spiro atoms. The van der Waals surface area contributed by atoms with E-state index in [0.29, 0.717) is 6.04 Å². The summed E-state index contributed by atoms with van der Waals surface area (Å²) in [7, 11) is 0. The predicted molar refractivity (Wildman–Crippen MR) is 115 cm³/mol. The first kappa shape index (κ1) is 18.0. The highest BCUT2D eigenvalue weighted by Crippen LogP contribution is 2.57. The van der Waals surface area contributed by atoms with Gasteiger partial charge in [0.15, 0.2) is 0 Å². The summed E-state index contributed by atoms with van der Waals surface area (Å²) in [6.07, 6.45) is 8.11. The Morgan fingerprint density at radius 2 is 2.00 bits per heavy atom. The zero-order chi connectivity index (χ0) is 19.0. The number of fused-ring (bicyclic) bond motifs is 1. The van der Waals surface area contributed by atoms with E-state index < -0.39 is 0 Å². The molecule has 1 N–H and O–H groups in total. The molecule has 3 atom stereocenters. The van der Waals surface area contributed by atoms with Gasteiger partial charge < -0.3 is 10.1 Å². The van der Waals surface area contributed by atoms with Crippen molar-refractivity contribution in [1.29, 1.82) is 0 Å². The first-order chi connectivity index (χ1) is 13.8. The monoisotopic (exact) mass is 373 g/mol. The Bertz CT molecular complexity index is 858. The molecule has 2 nitrogen and oxygen atoms in total. The van der Waals surface area contributed by atoms with Gasteiger partial charge in [-0.05, 0) is 74.6 Å². The number of hydrogen-bond donors (Lipinski definition) is 1. The van der Waals surface area contributed by atoms with Crippen LogP contribution < -0.4 is 10.1 Å². The maximum atomic E-state index is 6.45. The van der Waals surface area contributed by atoms with E-state index in [1.807, 2.05) is 0 Å². The van der Waals surface area contributed by atoms with Crippen LogP contribution in [0.2, 0.25) is 0 Å². The first-order valence-corrected chi connectivity index (χ1v) is 11.0. The fraction of sp³-hybridized carbons (Fsp3) is 0.462. The van der Waals surface area contributed by atoms with Crippen LogP contribution in [-0.4, -0.2) is 19.2 Å². The van der Waals surface area contributed by atoms with Gasteiger partial charge in [0, 0.05) is 17.0 Å². The van der Waals surface area contributed by atoms with Crippen LogP contribution in [0.3, 0.4) is 0 Å². The molecule has 1 saturated carbocycles. The molecule has 5 rings (SSSR count). The standard InChI is InChI=1S/C26H31NO/c1-19-12-13-22-23-17-21-10-5-11-24(25(21)26(22,18-19)14-15-27-23)28-16-6-9-20-7-3-2-4-8-20/h2-5,7-8,10-11,22-23,27H,1,6,9,12-18H2/t22-,23+,26-/m0/s1. The Morgan fingerprint density at radius 3 is 2.89 bits per heavy atom. The van der Waals surface area contributed by atoms with Crippen molar-refractivity contribution < 1.29 is 4.74 Å². The second-order valence-electron chi connectivity index (χ2n) is 8.97. The molecule has 2 heteroatoms. The minimum atomic E-state index is 0.245. The lowest BCUT2D eigenvalue weighted by Gasteiger charge is -2.56. The van der Waals surface area contributed by atoms with Crippen LogP contribution in [0.5, 0.6) is 5.75 Å². The molecule has 2 aliphatic carbocycles. The van der Waals surface area contributed by atoms with E-state index in [1.54, 1.807) is 0 Å². The molecule has 0 radical (unpaired) electrons. The van der Waals surface area contributed by atoms with Gasteiger partial charge in [0.25, 0.3) is 0 Å². The molecule has 2 aromatic carbocycles. The first-order valence-electron chi connectivity index (χ1n) is 11.0. The average Bonchev–Trinajstić information content (AvgIpc) is 2.71. The van der Waals surface area contributed by atoms with E-state index >= 15 is 0 Å². The Kier molecular flexibility index (Phi) is 4.76. The quantitative estimate of drug-likeness (QED) is 0.574. The number of benzene rings is 2. The summed E-state index contributed by atoms with van der Waals surface area (Å²) in [5, 5.41) is 3.82. The fourth-order valence-corrected chi connectivity index (χ4v) is 6.17. The maximum absolute atomic E-state index is 6.45. The van der Waals surface area contributed by atoms with E-state index in [-0.39, 0.29) is 5.41 Å². The molecule has 2 bridgehead atoms.